The minimum atomic E-state index is -0.694. The highest BCUT2D eigenvalue weighted by Crippen LogP contribution is 2.25. The molecule has 180 valence electrons. The molecule has 3 aromatic carbocycles. The van der Waals surface area contributed by atoms with Crippen molar-refractivity contribution >= 4 is 28.3 Å². The van der Waals surface area contributed by atoms with Crippen LogP contribution < -0.4 is 10.1 Å². The Balaban J connectivity index is 1.43. The Morgan fingerprint density at radius 3 is 2.34 bits per heavy atom. The molecule has 35 heavy (non-hydrogen) atoms. The molecule has 2 amide bonds. The number of carbonyl (C=O) groups is 2. The fourth-order valence-corrected chi connectivity index (χ4v) is 3.84. The molecule has 0 unspecified atom stereocenters. The van der Waals surface area contributed by atoms with E-state index in [2.05, 4.69) is 15.5 Å². The van der Waals surface area contributed by atoms with Crippen molar-refractivity contribution in [1.82, 2.24) is 19.7 Å². The molecule has 4 aromatic rings. The third kappa shape index (κ3) is 5.16. The van der Waals surface area contributed by atoms with Crippen molar-refractivity contribution in [2.75, 3.05) is 26.0 Å². The van der Waals surface area contributed by atoms with Gasteiger partial charge in [-0.25, -0.2) is 0 Å². The summed E-state index contributed by atoms with van der Waals surface area (Å²) in [6.07, 6.45) is 0. The van der Waals surface area contributed by atoms with Crippen molar-refractivity contribution in [3.63, 3.8) is 0 Å². The molecular formula is C27H29N5O3. The number of hydrogen-bond acceptors (Lipinski definition) is 5. The van der Waals surface area contributed by atoms with Gasteiger partial charge in [-0.15, -0.1) is 5.10 Å². The quantitative estimate of drug-likeness (QED) is 0.432. The zero-order chi connectivity index (χ0) is 25.2. The number of rotatable bonds is 7. The van der Waals surface area contributed by atoms with Crippen LogP contribution in [-0.2, 0) is 11.8 Å². The van der Waals surface area contributed by atoms with E-state index < -0.39 is 5.41 Å². The third-order valence-corrected chi connectivity index (χ3v) is 5.79. The largest absolute Gasteiger partial charge is 0.462 e. The molecular weight excluding hydrogens is 442 g/mol. The molecule has 0 spiro atoms. The van der Waals surface area contributed by atoms with Crippen LogP contribution in [0.3, 0.4) is 0 Å². The molecule has 1 heterocycles. The fraction of sp³-hybridized carbons (Fsp3) is 0.259. The van der Waals surface area contributed by atoms with E-state index in [1.54, 1.807) is 30.6 Å². The molecule has 8 heteroatoms. The summed E-state index contributed by atoms with van der Waals surface area (Å²) in [6.45, 7) is 3.84. The summed E-state index contributed by atoms with van der Waals surface area (Å²) in [5.41, 5.74) is 1.40. The number of nitrogens with zero attached hydrogens (tertiary/aromatic N) is 4. The first-order valence-electron chi connectivity index (χ1n) is 11.3. The smallest absolute Gasteiger partial charge is 0.317 e. The van der Waals surface area contributed by atoms with Gasteiger partial charge in [-0.2, -0.15) is 0 Å². The van der Waals surface area contributed by atoms with Crippen molar-refractivity contribution in [2.45, 2.75) is 13.8 Å². The lowest BCUT2D eigenvalue weighted by atomic mass is 9.93. The van der Waals surface area contributed by atoms with Gasteiger partial charge >= 0.3 is 6.01 Å². The zero-order valence-corrected chi connectivity index (χ0v) is 20.6. The summed E-state index contributed by atoms with van der Waals surface area (Å²) in [5, 5.41) is 13.4. The van der Waals surface area contributed by atoms with Gasteiger partial charge in [0.15, 0.2) is 5.82 Å². The number of hydrogen-bond donors (Lipinski definition) is 1. The van der Waals surface area contributed by atoms with Crippen molar-refractivity contribution in [3.05, 3.63) is 72.3 Å². The fourth-order valence-electron chi connectivity index (χ4n) is 3.84. The van der Waals surface area contributed by atoms with E-state index in [1.807, 2.05) is 80.6 Å². The molecule has 0 bridgehead atoms. The third-order valence-electron chi connectivity index (χ3n) is 5.79. The number of anilines is 1. The zero-order valence-electron chi connectivity index (χ0n) is 20.6. The summed E-state index contributed by atoms with van der Waals surface area (Å²) >= 11 is 0. The Labute approximate surface area is 204 Å². The molecule has 8 nitrogen and oxygen atoms in total. The van der Waals surface area contributed by atoms with Gasteiger partial charge in [0.2, 0.25) is 5.91 Å². The van der Waals surface area contributed by atoms with Crippen LogP contribution in [0.25, 0.3) is 22.2 Å². The van der Waals surface area contributed by atoms with Crippen molar-refractivity contribution < 1.29 is 14.3 Å². The Hall–Kier alpha value is -4.20. The summed E-state index contributed by atoms with van der Waals surface area (Å²) < 4.78 is 7.55. The highest BCUT2D eigenvalue weighted by Gasteiger charge is 2.31. The lowest BCUT2D eigenvalue weighted by Gasteiger charge is -2.26. The average molecular weight is 472 g/mol. The predicted octanol–water partition coefficient (Wildman–Crippen LogP) is 4.38. The maximum absolute atomic E-state index is 12.7. The van der Waals surface area contributed by atoms with E-state index in [9.17, 15) is 9.59 Å². The highest BCUT2D eigenvalue weighted by molar-refractivity contribution is 6.06. The van der Waals surface area contributed by atoms with Crippen LogP contribution in [0.4, 0.5) is 5.69 Å². The second-order valence-corrected chi connectivity index (χ2v) is 9.33. The maximum Gasteiger partial charge on any atom is 0.317 e. The normalized spacial score (nSPS) is 11.3. The molecule has 4 rings (SSSR count). The molecule has 0 aliphatic rings. The van der Waals surface area contributed by atoms with Crippen molar-refractivity contribution in [3.8, 4) is 17.4 Å². The Bertz CT molecular complexity index is 1370. The van der Waals surface area contributed by atoms with Gasteiger partial charge < -0.3 is 15.0 Å². The summed E-state index contributed by atoms with van der Waals surface area (Å²) in [7, 11) is 5.25. The first kappa shape index (κ1) is 23.9. The van der Waals surface area contributed by atoms with Crippen LogP contribution in [0, 0.1) is 5.41 Å². The van der Waals surface area contributed by atoms with Gasteiger partial charge in [-0.3, -0.25) is 14.2 Å². The number of aromatic nitrogens is 3. The topological polar surface area (TPSA) is 89.4 Å². The van der Waals surface area contributed by atoms with Gasteiger partial charge in [0.1, 0.15) is 6.61 Å². The van der Waals surface area contributed by atoms with E-state index >= 15 is 0 Å². The summed E-state index contributed by atoms with van der Waals surface area (Å²) in [5.74, 6) is 0.415. The molecule has 0 fully saturated rings. The van der Waals surface area contributed by atoms with E-state index in [-0.39, 0.29) is 18.4 Å². The first-order valence-corrected chi connectivity index (χ1v) is 11.3. The van der Waals surface area contributed by atoms with Crippen LogP contribution in [0.5, 0.6) is 6.01 Å². The standard InChI is InChI=1S/C27H29N5O3/c1-27(2,25(34)31(3)4)17-35-26-30-29-23(32(26)5)19-12-14-22(15-13-19)28-24(33)21-11-10-18-8-6-7-9-20(18)16-21/h6-16H,17H2,1-5H3,(H,28,33). The molecule has 0 saturated heterocycles. The van der Waals surface area contributed by atoms with Crippen molar-refractivity contribution in [1.29, 1.82) is 0 Å². The number of nitrogens with one attached hydrogen (secondary N) is 1. The lowest BCUT2D eigenvalue weighted by Crippen LogP contribution is -2.40. The average Bonchev–Trinajstić information content (AvgIpc) is 3.22. The van der Waals surface area contributed by atoms with Gasteiger partial charge in [0.25, 0.3) is 5.91 Å². The van der Waals surface area contributed by atoms with E-state index in [0.29, 0.717) is 23.1 Å². The molecule has 0 atom stereocenters. The summed E-state index contributed by atoms with van der Waals surface area (Å²) in [4.78, 5) is 26.6. The predicted molar refractivity (Wildman–Crippen MR) is 136 cm³/mol. The first-order chi connectivity index (χ1) is 16.7. The van der Waals surface area contributed by atoms with Crippen LogP contribution in [0.1, 0.15) is 24.2 Å². The number of amides is 2. The van der Waals surface area contributed by atoms with Gasteiger partial charge in [-0.05, 0) is 61.0 Å². The van der Waals surface area contributed by atoms with E-state index in [1.165, 1.54) is 0 Å². The molecule has 0 aliphatic carbocycles. The maximum atomic E-state index is 12.7. The van der Waals surface area contributed by atoms with E-state index in [4.69, 9.17) is 4.74 Å². The van der Waals surface area contributed by atoms with Crippen LogP contribution in [0.15, 0.2) is 66.7 Å². The van der Waals surface area contributed by atoms with Gasteiger partial charge in [0.05, 0.1) is 5.41 Å². The number of carbonyl (C=O) groups excluding carboxylic acids is 2. The number of benzene rings is 3. The second-order valence-electron chi connectivity index (χ2n) is 9.33. The molecule has 0 radical (unpaired) electrons. The molecule has 0 saturated carbocycles. The number of fused-ring (bicyclic) bond motifs is 1. The second kappa shape index (κ2) is 9.58. The molecule has 1 aromatic heterocycles. The van der Waals surface area contributed by atoms with Crippen molar-refractivity contribution in [2.24, 2.45) is 12.5 Å². The Morgan fingerprint density at radius 1 is 0.971 bits per heavy atom. The Morgan fingerprint density at radius 2 is 1.66 bits per heavy atom. The van der Waals surface area contributed by atoms with Gasteiger partial charge in [-0.1, -0.05) is 35.4 Å². The van der Waals surface area contributed by atoms with Crippen LogP contribution >= 0.6 is 0 Å². The van der Waals surface area contributed by atoms with Gasteiger partial charge in [0, 0.05) is 38.0 Å². The van der Waals surface area contributed by atoms with Crippen LogP contribution in [0.2, 0.25) is 0 Å². The SMILES string of the molecule is CN(C)C(=O)C(C)(C)COc1nnc(-c2ccc(NC(=O)c3ccc4ccccc4c3)cc2)n1C. The monoisotopic (exact) mass is 471 g/mol. The summed E-state index contributed by atoms with van der Waals surface area (Å²) in [6, 6.07) is 21.3. The molecule has 0 aliphatic heterocycles. The molecule has 1 N–H and O–H groups in total. The minimum absolute atomic E-state index is 0.0267. The highest BCUT2D eigenvalue weighted by atomic mass is 16.5. The van der Waals surface area contributed by atoms with E-state index in [0.717, 1.165) is 16.3 Å². The lowest BCUT2D eigenvalue weighted by molar-refractivity contribution is -0.139. The number of ether oxygens (including phenoxy) is 1. The van der Waals surface area contributed by atoms with Crippen LogP contribution in [-0.4, -0.2) is 52.2 Å². The Kier molecular flexibility index (Phi) is 6.55. The minimum Gasteiger partial charge on any atom is -0.462 e.